The van der Waals surface area contributed by atoms with Crippen LogP contribution < -0.4 is 4.90 Å². The van der Waals surface area contributed by atoms with Gasteiger partial charge in [0.1, 0.15) is 0 Å². The van der Waals surface area contributed by atoms with E-state index in [0.29, 0.717) is 6.04 Å². The highest BCUT2D eigenvalue weighted by molar-refractivity contribution is 14.1. The smallest absolute Gasteiger partial charge is 0.0955 e. The summed E-state index contributed by atoms with van der Waals surface area (Å²) < 4.78 is 0.735. The van der Waals surface area contributed by atoms with Gasteiger partial charge in [-0.25, -0.2) is 0 Å². The Balaban J connectivity index is 1.51. The van der Waals surface area contributed by atoms with E-state index in [-0.39, 0.29) is 0 Å². The molecule has 1 unspecified atom stereocenters. The molecular formula is C28H23IN2S. The van der Waals surface area contributed by atoms with Gasteiger partial charge in [0.2, 0.25) is 0 Å². The summed E-state index contributed by atoms with van der Waals surface area (Å²) in [4.78, 5) is 4.95. The molecule has 5 rings (SSSR count). The third-order valence-corrected chi connectivity index (χ3v) is 8.61. The molecule has 0 amide bonds. The minimum absolute atomic E-state index is 0.364. The summed E-state index contributed by atoms with van der Waals surface area (Å²) in [6, 6.07) is 20.4. The van der Waals surface area contributed by atoms with Crippen LogP contribution in [0.2, 0.25) is 0 Å². The second-order valence-electron chi connectivity index (χ2n) is 8.20. The molecule has 1 aromatic heterocycles. The maximum atomic E-state index is 9.33. The van der Waals surface area contributed by atoms with Crippen LogP contribution in [-0.4, -0.2) is 10.5 Å². The molecule has 0 bridgehead atoms. The summed E-state index contributed by atoms with van der Waals surface area (Å²) in [5, 5.41) is 9.33. The highest BCUT2D eigenvalue weighted by atomic mass is 127. The highest BCUT2D eigenvalue weighted by Crippen LogP contribution is 2.47. The highest BCUT2D eigenvalue weighted by Gasteiger charge is 2.34. The average molecular weight is 546 g/mol. The quantitative estimate of drug-likeness (QED) is 0.187. The number of nitriles is 1. The fourth-order valence-corrected chi connectivity index (χ4v) is 6.29. The van der Waals surface area contributed by atoms with E-state index in [0.717, 1.165) is 16.4 Å². The Bertz CT molecular complexity index is 1320. The lowest BCUT2D eigenvalue weighted by Crippen LogP contribution is -2.26. The second kappa shape index (κ2) is 8.73. The predicted octanol–water partition coefficient (Wildman–Crippen LogP) is 8.24. The fraction of sp³-hybridized carbons (Fsp3) is 0.179. The van der Waals surface area contributed by atoms with Crippen molar-refractivity contribution in [1.29, 1.82) is 5.26 Å². The van der Waals surface area contributed by atoms with E-state index in [2.05, 4.69) is 114 Å². The Hall–Kier alpha value is -2.62. The first-order valence-electron chi connectivity index (χ1n) is 10.7. The summed E-state index contributed by atoms with van der Waals surface area (Å²) >= 11 is 4.03. The van der Waals surface area contributed by atoms with Crippen molar-refractivity contribution in [3.05, 3.63) is 93.9 Å². The molecule has 2 aromatic carbocycles. The van der Waals surface area contributed by atoms with Crippen LogP contribution in [0.3, 0.4) is 0 Å². The van der Waals surface area contributed by atoms with Crippen molar-refractivity contribution >= 4 is 57.0 Å². The van der Waals surface area contributed by atoms with E-state index in [1.165, 1.54) is 49.0 Å². The molecule has 4 heteroatoms. The Morgan fingerprint density at radius 3 is 2.69 bits per heavy atom. The lowest BCUT2D eigenvalue weighted by molar-refractivity contribution is 0.829. The van der Waals surface area contributed by atoms with E-state index in [4.69, 9.17) is 0 Å². The van der Waals surface area contributed by atoms with Crippen molar-refractivity contribution < 1.29 is 0 Å². The van der Waals surface area contributed by atoms with Gasteiger partial charge in [0, 0.05) is 36.7 Å². The average Bonchev–Trinajstić information content (AvgIpc) is 3.32. The van der Waals surface area contributed by atoms with Gasteiger partial charge in [-0.05, 0) is 66.8 Å². The lowest BCUT2D eigenvalue weighted by atomic mass is 9.96. The van der Waals surface area contributed by atoms with Gasteiger partial charge in [0.15, 0.2) is 0 Å². The number of allylic oxidation sites excluding steroid dienone is 3. The van der Waals surface area contributed by atoms with Gasteiger partial charge in [0.05, 0.1) is 12.1 Å². The normalized spacial score (nSPS) is 17.1. The zero-order valence-electron chi connectivity index (χ0n) is 18.1. The molecule has 158 valence electrons. The van der Waals surface area contributed by atoms with Gasteiger partial charge in [0.25, 0.3) is 0 Å². The van der Waals surface area contributed by atoms with E-state index >= 15 is 0 Å². The monoisotopic (exact) mass is 546 g/mol. The van der Waals surface area contributed by atoms with Crippen LogP contribution in [-0.2, 0) is 0 Å². The van der Waals surface area contributed by atoms with Crippen LogP contribution in [0, 0.1) is 25.2 Å². The summed E-state index contributed by atoms with van der Waals surface area (Å²) in [7, 11) is 0. The molecule has 0 spiro atoms. The molecule has 1 aliphatic heterocycles. The number of anilines is 2. The van der Waals surface area contributed by atoms with Crippen molar-refractivity contribution in [3.8, 4) is 16.5 Å². The Morgan fingerprint density at radius 1 is 1.16 bits per heavy atom. The Labute approximate surface area is 207 Å². The summed E-state index contributed by atoms with van der Waals surface area (Å²) in [5.74, 6) is 0. The van der Waals surface area contributed by atoms with Gasteiger partial charge in [-0.3, -0.25) is 0 Å². The van der Waals surface area contributed by atoms with Crippen LogP contribution in [0.25, 0.3) is 22.1 Å². The first kappa shape index (κ1) is 21.2. The molecule has 2 heterocycles. The molecule has 32 heavy (non-hydrogen) atoms. The largest absolute Gasteiger partial charge is 0.333 e. The zero-order chi connectivity index (χ0) is 22.2. The number of alkyl halides is 1. The zero-order valence-corrected chi connectivity index (χ0v) is 21.1. The fourth-order valence-electron chi connectivity index (χ4n) is 4.61. The van der Waals surface area contributed by atoms with Crippen LogP contribution in [0.1, 0.15) is 28.0 Å². The molecule has 0 radical (unpaired) electrons. The molecule has 0 saturated heterocycles. The van der Waals surface area contributed by atoms with Gasteiger partial charge in [-0.1, -0.05) is 71.2 Å². The molecular weight excluding hydrogens is 523 g/mol. The van der Waals surface area contributed by atoms with Gasteiger partial charge in [-0.15, -0.1) is 11.3 Å². The van der Waals surface area contributed by atoms with Crippen molar-refractivity contribution in [2.75, 3.05) is 9.33 Å². The number of fused-ring (bicyclic) bond motifs is 3. The molecule has 0 saturated carbocycles. The van der Waals surface area contributed by atoms with Crippen LogP contribution in [0.4, 0.5) is 11.4 Å². The Kier molecular flexibility index (Phi) is 5.79. The first-order chi connectivity index (χ1) is 15.6. The maximum absolute atomic E-state index is 9.33. The third-order valence-electron chi connectivity index (χ3n) is 6.40. The standard InChI is InChI=1S/C28H23IN2S/c1-18-19(2)28(32-27(18)15-20(16-29)17-30)21-11-13-22(14-12-21)31-25-9-5-3-7-23(25)24-8-4-6-10-26(24)31/h3-9,11-15,26H,10,16H2,1-2H3/b20-15-. The maximum Gasteiger partial charge on any atom is 0.0955 e. The summed E-state index contributed by atoms with van der Waals surface area (Å²) in [5.41, 5.74) is 9.89. The molecule has 1 atom stereocenters. The van der Waals surface area contributed by atoms with E-state index in [1.54, 1.807) is 11.3 Å². The number of rotatable bonds is 4. The predicted molar refractivity (Wildman–Crippen MR) is 146 cm³/mol. The topological polar surface area (TPSA) is 27.0 Å². The molecule has 2 aliphatic rings. The number of thiophene rings is 1. The minimum Gasteiger partial charge on any atom is -0.333 e. The second-order valence-corrected chi connectivity index (χ2v) is 10.0. The van der Waals surface area contributed by atoms with Gasteiger partial charge >= 0.3 is 0 Å². The van der Waals surface area contributed by atoms with Crippen molar-refractivity contribution in [3.63, 3.8) is 0 Å². The number of benzene rings is 2. The van der Waals surface area contributed by atoms with Crippen LogP contribution in [0.5, 0.6) is 0 Å². The molecule has 2 nitrogen and oxygen atoms in total. The number of nitrogens with zero attached hydrogens (tertiary/aromatic N) is 2. The molecule has 0 N–H and O–H groups in total. The number of para-hydroxylation sites is 1. The number of hydrogen-bond donors (Lipinski definition) is 0. The van der Waals surface area contributed by atoms with Crippen molar-refractivity contribution in [2.24, 2.45) is 0 Å². The lowest BCUT2D eigenvalue weighted by Gasteiger charge is -2.28. The Morgan fingerprint density at radius 2 is 1.94 bits per heavy atom. The van der Waals surface area contributed by atoms with E-state index in [9.17, 15) is 5.26 Å². The number of halogens is 1. The van der Waals surface area contributed by atoms with Crippen molar-refractivity contribution in [2.45, 2.75) is 26.3 Å². The summed E-state index contributed by atoms with van der Waals surface area (Å²) in [6.45, 7) is 4.34. The van der Waals surface area contributed by atoms with Gasteiger partial charge in [-0.2, -0.15) is 5.26 Å². The van der Waals surface area contributed by atoms with Gasteiger partial charge < -0.3 is 4.90 Å². The molecule has 0 fully saturated rings. The van der Waals surface area contributed by atoms with Crippen molar-refractivity contribution in [1.82, 2.24) is 0 Å². The SMILES string of the molecule is Cc1c(/C=C(\C#N)CI)sc(-c2ccc(N3c4ccccc4C4=CC=CCC43)cc2)c1C. The van der Waals surface area contributed by atoms with Crippen LogP contribution in [0.15, 0.2) is 72.3 Å². The third kappa shape index (κ3) is 3.54. The first-order valence-corrected chi connectivity index (χ1v) is 13.1. The summed E-state index contributed by atoms with van der Waals surface area (Å²) in [6.07, 6.45) is 9.78. The minimum atomic E-state index is 0.364. The van der Waals surface area contributed by atoms with Crippen LogP contribution >= 0.6 is 33.9 Å². The molecule has 3 aromatic rings. The molecule has 1 aliphatic carbocycles. The van der Waals surface area contributed by atoms with E-state index in [1.807, 2.05) is 6.08 Å². The number of hydrogen-bond acceptors (Lipinski definition) is 3. The van der Waals surface area contributed by atoms with E-state index < -0.39 is 0 Å².